The second-order valence-electron chi connectivity index (χ2n) is 5.21. The summed E-state index contributed by atoms with van der Waals surface area (Å²) in [7, 11) is 1.52. The molecule has 0 fully saturated rings. The predicted molar refractivity (Wildman–Crippen MR) is 95.8 cm³/mol. The number of carbonyl (C=O) groups is 2. The molecule has 1 aromatic heterocycles. The Hall–Kier alpha value is -2.05. The number of thiophene rings is 1. The second-order valence-corrected chi connectivity index (χ2v) is 6.78. The van der Waals surface area contributed by atoms with Gasteiger partial charge in [0.25, 0.3) is 5.91 Å². The number of benzene rings is 1. The number of methoxy groups -OCH3 is 1. The lowest BCUT2D eigenvalue weighted by Crippen LogP contribution is -2.42. The minimum Gasteiger partial charge on any atom is -0.496 e. The van der Waals surface area contributed by atoms with Crippen molar-refractivity contribution in [3.8, 4) is 5.75 Å². The zero-order valence-corrected chi connectivity index (χ0v) is 15.3. The van der Waals surface area contributed by atoms with Crippen LogP contribution in [0.3, 0.4) is 0 Å². The Kier molecular flexibility index (Phi) is 6.23. The quantitative estimate of drug-likeness (QED) is 0.798. The van der Waals surface area contributed by atoms with Crippen LogP contribution in [-0.2, 0) is 17.6 Å². The average molecular weight is 367 g/mol. The van der Waals surface area contributed by atoms with E-state index in [0.29, 0.717) is 21.2 Å². The summed E-state index contributed by atoms with van der Waals surface area (Å²) in [6.45, 7) is 4.01. The summed E-state index contributed by atoms with van der Waals surface area (Å²) in [6.07, 6.45) is 0.929. The molecule has 0 saturated carbocycles. The average Bonchev–Trinajstić information content (AvgIpc) is 2.94. The van der Waals surface area contributed by atoms with E-state index >= 15 is 0 Å². The van der Waals surface area contributed by atoms with Crippen molar-refractivity contribution in [2.24, 2.45) is 0 Å². The van der Waals surface area contributed by atoms with Gasteiger partial charge in [0.05, 0.1) is 18.4 Å². The fourth-order valence-electron chi connectivity index (χ4n) is 2.27. The fraction of sp³-hybridized carbons (Fsp3) is 0.294. The van der Waals surface area contributed by atoms with E-state index in [0.717, 1.165) is 16.9 Å². The smallest absolute Gasteiger partial charge is 0.279 e. The fourth-order valence-corrected chi connectivity index (χ4v) is 3.48. The van der Waals surface area contributed by atoms with E-state index in [-0.39, 0.29) is 18.2 Å². The number of hydrazine groups is 1. The maximum atomic E-state index is 12.1. The Morgan fingerprint density at radius 3 is 2.62 bits per heavy atom. The van der Waals surface area contributed by atoms with Gasteiger partial charge in [-0.05, 0) is 43.2 Å². The number of rotatable bonds is 5. The third-order valence-corrected chi connectivity index (χ3v) is 5.09. The summed E-state index contributed by atoms with van der Waals surface area (Å²) in [5, 5.41) is 0.517. The number of ether oxygens (including phenoxy) is 1. The van der Waals surface area contributed by atoms with Crippen LogP contribution < -0.4 is 15.6 Å². The van der Waals surface area contributed by atoms with Crippen molar-refractivity contribution in [1.82, 2.24) is 10.9 Å². The summed E-state index contributed by atoms with van der Waals surface area (Å²) in [6, 6.07) is 6.88. The molecule has 2 amide bonds. The van der Waals surface area contributed by atoms with Gasteiger partial charge in [-0.15, -0.1) is 11.3 Å². The summed E-state index contributed by atoms with van der Waals surface area (Å²) in [5.41, 5.74) is 6.59. The minimum absolute atomic E-state index is 0.0493. The van der Waals surface area contributed by atoms with Crippen LogP contribution >= 0.6 is 22.9 Å². The first-order chi connectivity index (χ1) is 11.4. The van der Waals surface area contributed by atoms with Gasteiger partial charge in [0.1, 0.15) is 5.75 Å². The Labute approximate surface area is 149 Å². The van der Waals surface area contributed by atoms with Crippen LogP contribution in [0.15, 0.2) is 24.3 Å². The molecule has 0 aliphatic rings. The highest BCUT2D eigenvalue weighted by molar-refractivity contribution is 7.14. The molecule has 0 atom stereocenters. The zero-order chi connectivity index (χ0) is 17.7. The first-order valence-electron chi connectivity index (χ1n) is 7.45. The third-order valence-electron chi connectivity index (χ3n) is 3.47. The summed E-state index contributed by atoms with van der Waals surface area (Å²) in [4.78, 5) is 25.9. The van der Waals surface area contributed by atoms with Crippen molar-refractivity contribution >= 4 is 34.8 Å². The van der Waals surface area contributed by atoms with Crippen LogP contribution in [0.25, 0.3) is 0 Å². The van der Waals surface area contributed by atoms with E-state index in [9.17, 15) is 9.59 Å². The standard InChI is InChI=1S/C17H19ClN2O3S/c1-4-14-10(2)7-15(24-14)17(22)20-19-16(21)9-11-8-12(18)5-6-13(11)23-3/h5-8H,4,9H2,1-3H3,(H,19,21)(H,20,22). The van der Waals surface area contributed by atoms with E-state index in [4.69, 9.17) is 16.3 Å². The predicted octanol–water partition coefficient (Wildman–Crippen LogP) is 3.28. The van der Waals surface area contributed by atoms with Gasteiger partial charge in [-0.2, -0.15) is 0 Å². The van der Waals surface area contributed by atoms with Crippen molar-refractivity contribution < 1.29 is 14.3 Å². The molecule has 2 N–H and O–H groups in total. The Bertz CT molecular complexity index is 758. The van der Waals surface area contributed by atoms with Crippen LogP contribution in [0.5, 0.6) is 5.75 Å². The topological polar surface area (TPSA) is 67.4 Å². The van der Waals surface area contributed by atoms with E-state index in [1.54, 1.807) is 18.2 Å². The molecule has 7 heteroatoms. The van der Waals surface area contributed by atoms with E-state index < -0.39 is 0 Å². The molecular formula is C17H19ClN2O3S. The molecule has 0 spiro atoms. The normalized spacial score (nSPS) is 10.3. The minimum atomic E-state index is -0.354. The molecule has 128 valence electrons. The highest BCUT2D eigenvalue weighted by Gasteiger charge is 2.14. The van der Waals surface area contributed by atoms with Crippen LogP contribution in [0.4, 0.5) is 0 Å². The van der Waals surface area contributed by atoms with Crippen LogP contribution in [0, 0.1) is 6.92 Å². The summed E-state index contributed by atoms with van der Waals surface area (Å²) < 4.78 is 5.20. The van der Waals surface area contributed by atoms with Crippen LogP contribution in [0.1, 0.15) is 32.6 Å². The van der Waals surface area contributed by atoms with Gasteiger partial charge in [-0.3, -0.25) is 20.4 Å². The molecule has 0 aliphatic heterocycles. The van der Waals surface area contributed by atoms with Crippen molar-refractivity contribution in [1.29, 1.82) is 0 Å². The number of hydrogen-bond acceptors (Lipinski definition) is 4. The lowest BCUT2D eigenvalue weighted by atomic mass is 10.1. The SMILES string of the molecule is CCc1sc(C(=O)NNC(=O)Cc2cc(Cl)ccc2OC)cc1C. The van der Waals surface area contributed by atoms with Gasteiger partial charge in [-0.25, -0.2) is 0 Å². The van der Waals surface area contributed by atoms with Crippen LogP contribution in [-0.4, -0.2) is 18.9 Å². The van der Waals surface area contributed by atoms with Crippen molar-refractivity contribution in [3.63, 3.8) is 0 Å². The van der Waals surface area contributed by atoms with Gasteiger partial charge >= 0.3 is 0 Å². The van der Waals surface area contributed by atoms with Gasteiger partial charge in [0, 0.05) is 15.5 Å². The van der Waals surface area contributed by atoms with E-state index in [1.807, 2.05) is 19.9 Å². The molecule has 0 radical (unpaired) electrons. The summed E-state index contributed by atoms with van der Waals surface area (Å²) in [5.74, 6) is -0.107. The number of amides is 2. The maximum absolute atomic E-state index is 12.1. The van der Waals surface area contributed by atoms with Gasteiger partial charge in [0.15, 0.2) is 0 Å². The monoisotopic (exact) mass is 366 g/mol. The van der Waals surface area contributed by atoms with Crippen molar-refractivity contribution in [3.05, 3.63) is 50.2 Å². The van der Waals surface area contributed by atoms with Gasteiger partial charge in [0.2, 0.25) is 5.91 Å². The molecular weight excluding hydrogens is 348 g/mol. The molecule has 5 nitrogen and oxygen atoms in total. The second kappa shape index (κ2) is 8.17. The van der Waals surface area contributed by atoms with Crippen molar-refractivity contribution in [2.75, 3.05) is 7.11 Å². The summed E-state index contributed by atoms with van der Waals surface area (Å²) >= 11 is 7.37. The highest BCUT2D eigenvalue weighted by atomic mass is 35.5. The van der Waals surface area contributed by atoms with Gasteiger partial charge < -0.3 is 4.74 Å². The molecule has 0 aliphatic carbocycles. The van der Waals surface area contributed by atoms with Crippen molar-refractivity contribution in [2.45, 2.75) is 26.7 Å². The lowest BCUT2D eigenvalue weighted by molar-refractivity contribution is -0.121. The number of nitrogens with one attached hydrogen (secondary N) is 2. The third kappa shape index (κ3) is 4.49. The molecule has 1 heterocycles. The molecule has 0 saturated heterocycles. The molecule has 24 heavy (non-hydrogen) atoms. The number of hydrogen-bond donors (Lipinski definition) is 2. The maximum Gasteiger partial charge on any atom is 0.279 e. The Morgan fingerprint density at radius 2 is 2.00 bits per heavy atom. The molecule has 2 aromatic rings. The van der Waals surface area contributed by atoms with Crippen LogP contribution in [0.2, 0.25) is 5.02 Å². The number of aryl methyl sites for hydroxylation is 2. The first kappa shape index (κ1) is 18.3. The Morgan fingerprint density at radius 1 is 1.25 bits per heavy atom. The highest BCUT2D eigenvalue weighted by Crippen LogP contribution is 2.23. The number of halogens is 1. The molecule has 0 unspecified atom stereocenters. The Balaban J connectivity index is 1.95. The van der Waals surface area contributed by atoms with E-state index in [2.05, 4.69) is 10.9 Å². The lowest BCUT2D eigenvalue weighted by Gasteiger charge is -2.10. The molecule has 2 rings (SSSR count). The molecule has 1 aromatic carbocycles. The van der Waals surface area contributed by atoms with E-state index in [1.165, 1.54) is 18.4 Å². The largest absolute Gasteiger partial charge is 0.496 e. The first-order valence-corrected chi connectivity index (χ1v) is 8.65. The molecule has 0 bridgehead atoms. The van der Waals surface area contributed by atoms with Gasteiger partial charge in [-0.1, -0.05) is 18.5 Å². The zero-order valence-electron chi connectivity index (χ0n) is 13.7. The number of carbonyl (C=O) groups excluding carboxylic acids is 2.